The molecule has 23 heavy (non-hydrogen) atoms. The summed E-state index contributed by atoms with van der Waals surface area (Å²) in [5.41, 5.74) is 2.56. The molecule has 1 atom stereocenters. The van der Waals surface area contributed by atoms with E-state index in [0.717, 1.165) is 31.4 Å². The monoisotopic (exact) mass is 311 g/mol. The molecule has 1 aliphatic heterocycles. The summed E-state index contributed by atoms with van der Waals surface area (Å²) in [4.78, 5) is 12.3. The smallest absolute Gasteiger partial charge is 0.276 e. The molecule has 1 amide bonds. The van der Waals surface area contributed by atoms with E-state index >= 15 is 0 Å². The lowest BCUT2D eigenvalue weighted by Gasteiger charge is -2.22. The highest BCUT2D eigenvalue weighted by molar-refractivity contribution is 6.03. The van der Waals surface area contributed by atoms with Gasteiger partial charge in [-0.3, -0.25) is 9.48 Å². The molecule has 0 aliphatic carbocycles. The first kappa shape index (κ1) is 13.9. The zero-order chi connectivity index (χ0) is 15.6. The Balaban J connectivity index is 1.49. The maximum atomic E-state index is 12.3. The number of nitrogens with one attached hydrogen (secondary N) is 3. The van der Waals surface area contributed by atoms with Gasteiger partial charge in [-0.1, -0.05) is 0 Å². The summed E-state index contributed by atoms with van der Waals surface area (Å²) < 4.78 is 1.88. The van der Waals surface area contributed by atoms with Crippen molar-refractivity contribution in [2.24, 2.45) is 0 Å². The van der Waals surface area contributed by atoms with Gasteiger partial charge in [0, 0.05) is 18.4 Å². The molecule has 2 aromatic heterocycles. The van der Waals surface area contributed by atoms with Gasteiger partial charge in [0.25, 0.3) is 5.91 Å². The van der Waals surface area contributed by atoms with Crippen molar-refractivity contribution in [2.45, 2.75) is 18.9 Å². The van der Waals surface area contributed by atoms with Crippen molar-refractivity contribution in [1.29, 1.82) is 0 Å². The van der Waals surface area contributed by atoms with Crippen LogP contribution in [0.25, 0.3) is 11.0 Å². The summed E-state index contributed by atoms with van der Waals surface area (Å²) in [5.74, 6) is -0.227. The summed E-state index contributed by atoms with van der Waals surface area (Å²) in [6.45, 7) is 1.95. The molecule has 4 rings (SSSR count). The maximum absolute atomic E-state index is 12.3. The fraction of sp³-hybridized carbons (Fsp3) is 0.333. The Hall–Kier alpha value is -2.74. The molecule has 118 valence electrons. The number of amides is 1. The second-order valence-corrected chi connectivity index (χ2v) is 5.66. The zero-order valence-electron chi connectivity index (χ0n) is 12.5. The Morgan fingerprint density at radius 2 is 2.17 bits per heavy atom. The van der Waals surface area contributed by atoms with Gasteiger partial charge >= 0.3 is 0 Å². The molecule has 1 fully saturated rings. The largest absolute Gasteiger partial charge is 0.321 e. The van der Waals surface area contributed by atoms with Crippen LogP contribution >= 0.6 is 0 Å². The number of fused-ring (bicyclic) bond motifs is 1. The van der Waals surface area contributed by atoms with Crippen LogP contribution in [0.4, 0.5) is 5.69 Å². The van der Waals surface area contributed by atoms with Crippen molar-refractivity contribution in [3.63, 3.8) is 0 Å². The minimum atomic E-state index is -0.227. The van der Waals surface area contributed by atoms with Gasteiger partial charge in [-0.25, -0.2) is 0 Å². The standard InChI is InChI=1S/C15H17N7O/c23-15(17-10-3-4-12-14(8-10)19-21-18-12)13-5-7-22(20-13)11-2-1-6-16-9-11/h3-5,7-8,11,16H,1-2,6,9H2,(H,17,23)(H,18,19,21). The SMILES string of the molecule is O=C(Nc1ccc2n[nH]nc2c1)c1ccn(C2CCCNC2)n1. The second kappa shape index (κ2) is 5.81. The number of carbonyl (C=O) groups is 1. The number of nitrogens with zero attached hydrogens (tertiary/aromatic N) is 4. The molecule has 8 heteroatoms. The minimum Gasteiger partial charge on any atom is -0.321 e. The first-order chi connectivity index (χ1) is 11.3. The summed E-state index contributed by atoms with van der Waals surface area (Å²) in [5, 5.41) is 21.2. The molecule has 0 bridgehead atoms. The van der Waals surface area contributed by atoms with Gasteiger partial charge in [-0.2, -0.15) is 20.5 Å². The normalized spacial score (nSPS) is 18.2. The molecule has 0 spiro atoms. The van der Waals surface area contributed by atoms with Crippen LogP contribution in [0, 0.1) is 0 Å². The minimum absolute atomic E-state index is 0.227. The van der Waals surface area contributed by atoms with Gasteiger partial charge in [-0.05, 0) is 43.7 Å². The molecule has 8 nitrogen and oxygen atoms in total. The summed E-state index contributed by atoms with van der Waals surface area (Å²) in [7, 11) is 0. The molecule has 3 heterocycles. The number of piperidine rings is 1. The Bertz CT molecular complexity index is 831. The van der Waals surface area contributed by atoms with Crippen molar-refractivity contribution >= 4 is 22.6 Å². The highest BCUT2D eigenvalue weighted by Gasteiger charge is 2.17. The third-order valence-electron chi connectivity index (χ3n) is 4.06. The fourth-order valence-corrected chi connectivity index (χ4v) is 2.83. The molecule has 1 aliphatic rings. The van der Waals surface area contributed by atoms with Crippen LogP contribution in [0.2, 0.25) is 0 Å². The van der Waals surface area contributed by atoms with Gasteiger partial charge < -0.3 is 10.6 Å². The Labute approximate surface area is 132 Å². The molecule has 3 aromatic rings. The number of hydrogen-bond donors (Lipinski definition) is 3. The summed E-state index contributed by atoms with van der Waals surface area (Å²) in [6, 6.07) is 7.44. The topological polar surface area (TPSA) is 101 Å². The van der Waals surface area contributed by atoms with Crippen molar-refractivity contribution in [2.75, 3.05) is 18.4 Å². The number of carbonyl (C=O) groups excluding carboxylic acids is 1. The van der Waals surface area contributed by atoms with Crippen molar-refractivity contribution < 1.29 is 4.79 Å². The molecule has 1 unspecified atom stereocenters. The van der Waals surface area contributed by atoms with E-state index in [2.05, 4.69) is 31.1 Å². The highest BCUT2D eigenvalue weighted by Crippen LogP contribution is 2.18. The quantitative estimate of drug-likeness (QED) is 0.677. The van der Waals surface area contributed by atoms with Crippen LogP contribution in [0.1, 0.15) is 29.4 Å². The lowest BCUT2D eigenvalue weighted by atomic mass is 10.1. The van der Waals surface area contributed by atoms with Crippen molar-refractivity contribution in [3.8, 4) is 0 Å². The number of H-pyrrole nitrogens is 1. The van der Waals surface area contributed by atoms with E-state index in [-0.39, 0.29) is 5.91 Å². The molecular weight excluding hydrogens is 294 g/mol. The Morgan fingerprint density at radius 3 is 3.04 bits per heavy atom. The molecule has 0 saturated carbocycles. The predicted octanol–water partition coefficient (Wildman–Crippen LogP) is 1.33. The van der Waals surface area contributed by atoms with Gasteiger partial charge in [-0.15, -0.1) is 0 Å². The Kier molecular flexibility index (Phi) is 3.51. The van der Waals surface area contributed by atoms with E-state index in [0.29, 0.717) is 22.9 Å². The van der Waals surface area contributed by atoms with Crippen LogP contribution < -0.4 is 10.6 Å². The first-order valence-electron chi connectivity index (χ1n) is 7.67. The van der Waals surface area contributed by atoms with E-state index in [4.69, 9.17) is 0 Å². The average Bonchev–Trinajstić information content (AvgIpc) is 3.24. The number of aromatic nitrogens is 5. The number of aromatic amines is 1. The molecule has 1 aromatic carbocycles. The van der Waals surface area contributed by atoms with Crippen LogP contribution in [0.3, 0.4) is 0 Å². The second-order valence-electron chi connectivity index (χ2n) is 5.66. The molecule has 1 saturated heterocycles. The van der Waals surface area contributed by atoms with Crippen LogP contribution in [0.15, 0.2) is 30.5 Å². The van der Waals surface area contributed by atoms with E-state index in [9.17, 15) is 4.79 Å². The summed E-state index contributed by atoms with van der Waals surface area (Å²) >= 11 is 0. The van der Waals surface area contributed by atoms with Gasteiger partial charge in [0.15, 0.2) is 5.69 Å². The van der Waals surface area contributed by atoms with Gasteiger partial charge in [0.2, 0.25) is 0 Å². The average molecular weight is 311 g/mol. The van der Waals surface area contributed by atoms with Crippen LogP contribution in [-0.2, 0) is 0 Å². The zero-order valence-corrected chi connectivity index (χ0v) is 12.5. The number of anilines is 1. The lowest BCUT2D eigenvalue weighted by molar-refractivity contribution is 0.102. The third-order valence-corrected chi connectivity index (χ3v) is 4.06. The van der Waals surface area contributed by atoms with E-state index < -0.39 is 0 Å². The van der Waals surface area contributed by atoms with Gasteiger partial charge in [0.1, 0.15) is 11.0 Å². The summed E-state index contributed by atoms with van der Waals surface area (Å²) in [6.07, 6.45) is 4.08. The molecule has 3 N–H and O–H groups in total. The van der Waals surface area contributed by atoms with E-state index in [1.165, 1.54) is 0 Å². The molecule has 0 radical (unpaired) electrons. The third kappa shape index (κ3) is 2.80. The van der Waals surface area contributed by atoms with E-state index in [1.807, 2.05) is 10.9 Å². The molecular formula is C15H17N7O. The Morgan fingerprint density at radius 1 is 1.26 bits per heavy atom. The van der Waals surface area contributed by atoms with Crippen molar-refractivity contribution in [1.82, 2.24) is 30.5 Å². The van der Waals surface area contributed by atoms with Crippen LogP contribution in [-0.4, -0.2) is 44.2 Å². The van der Waals surface area contributed by atoms with Gasteiger partial charge in [0.05, 0.1) is 6.04 Å². The van der Waals surface area contributed by atoms with Crippen LogP contribution in [0.5, 0.6) is 0 Å². The highest BCUT2D eigenvalue weighted by atomic mass is 16.1. The lowest BCUT2D eigenvalue weighted by Crippen LogP contribution is -2.32. The fourth-order valence-electron chi connectivity index (χ4n) is 2.83. The predicted molar refractivity (Wildman–Crippen MR) is 85.2 cm³/mol. The number of benzene rings is 1. The maximum Gasteiger partial charge on any atom is 0.276 e. The number of rotatable bonds is 3. The first-order valence-corrected chi connectivity index (χ1v) is 7.67. The van der Waals surface area contributed by atoms with E-state index in [1.54, 1.807) is 24.3 Å². The number of hydrogen-bond acceptors (Lipinski definition) is 5. The van der Waals surface area contributed by atoms with Crippen molar-refractivity contribution in [3.05, 3.63) is 36.2 Å².